The van der Waals surface area contributed by atoms with Crippen LogP contribution in [0.3, 0.4) is 0 Å². The molecule has 17 heavy (non-hydrogen) atoms. The van der Waals surface area contributed by atoms with E-state index in [0.29, 0.717) is 24.6 Å². The number of hydrogen-bond donors (Lipinski definition) is 2. The lowest BCUT2D eigenvalue weighted by Crippen LogP contribution is -2.13. The summed E-state index contributed by atoms with van der Waals surface area (Å²) in [4.78, 5) is 31.6. The van der Waals surface area contributed by atoms with Crippen LogP contribution in [0.2, 0.25) is 0 Å². The molecule has 1 rings (SSSR count). The third-order valence-corrected chi connectivity index (χ3v) is 2.37. The van der Waals surface area contributed by atoms with Crippen molar-refractivity contribution in [3.8, 4) is 0 Å². The summed E-state index contributed by atoms with van der Waals surface area (Å²) in [7, 11) is 0. The Morgan fingerprint density at radius 3 is 2.59 bits per heavy atom. The molecule has 0 saturated heterocycles. The SMILES string of the molecule is O=CCCc1ccc(C=O)cc1C(O)C(=O)O. The van der Waals surface area contributed by atoms with E-state index < -0.39 is 12.1 Å². The van der Waals surface area contributed by atoms with Crippen molar-refractivity contribution in [1.29, 1.82) is 0 Å². The van der Waals surface area contributed by atoms with Gasteiger partial charge in [0.15, 0.2) is 6.10 Å². The predicted octanol–water partition coefficient (Wildman–Crippen LogP) is 0.749. The van der Waals surface area contributed by atoms with Gasteiger partial charge >= 0.3 is 5.97 Å². The lowest BCUT2D eigenvalue weighted by molar-refractivity contribution is -0.147. The van der Waals surface area contributed by atoms with Gasteiger partial charge in [-0.05, 0) is 23.6 Å². The summed E-state index contributed by atoms with van der Waals surface area (Å²) >= 11 is 0. The third kappa shape index (κ3) is 3.22. The second-order valence-corrected chi connectivity index (χ2v) is 3.52. The summed E-state index contributed by atoms with van der Waals surface area (Å²) in [5.74, 6) is -1.39. The third-order valence-electron chi connectivity index (χ3n) is 2.37. The van der Waals surface area contributed by atoms with E-state index in [1.165, 1.54) is 12.1 Å². The molecule has 1 unspecified atom stereocenters. The summed E-state index contributed by atoms with van der Waals surface area (Å²) in [6, 6.07) is 4.39. The monoisotopic (exact) mass is 236 g/mol. The highest BCUT2D eigenvalue weighted by Gasteiger charge is 2.19. The maximum Gasteiger partial charge on any atom is 0.337 e. The first-order valence-electron chi connectivity index (χ1n) is 5.02. The van der Waals surface area contributed by atoms with Crippen LogP contribution in [0.5, 0.6) is 0 Å². The van der Waals surface area contributed by atoms with E-state index in [0.717, 1.165) is 0 Å². The molecule has 0 spiro atoms. The van der Waals surface area contributed by atoms with E-state index in [1.807, 2.05) is 0 Å². The Kier molecular flexibility index (Phi) is 4.54. The average Bonchev–Trinajstić information content (AvgIpc) is 2.35. The molecule has 0 fully saturated rings. The number of benzene rings is 1. The molecule has 0 radical (unpaired) electrons. The number of carbonyl (C=O) groups is 3. The van der Waals surface area contributed by atoms with Gasteiger partial charge in [-0.3, -0.25) is 4.79 Å². The van der Waals surface area contributed by atoms with Gasteiger partial charge in [-0.15, -0.1) is 0 Å². The Balaban J connectivity index is 3.14. The fourth-order valence-electron chi connectivity index (χ4n) is 1.52. The van der Waals surface area contributed by atoms with Gasteiger partial charge in [-0.25, -0.2) is 4.79 Å². The van der Waals surface area contributed by atoms with Crippen LogP contribution in [0.15, 0.2) is 18.2 Å². The normalized spacial score (nSPS) is 11.8. The summed E-state index contributed by atoms with van der Waals surface area (Å²) in [5, 5.41) is 18.2. The van der Waals surface area contributed by atoms with Crippen molar-refractivity contribution in [3.05, 3.63) is 34.9 Å². The number of aliphatic hydroxyl groups is 1. The number of aldehydes is 2. The topological polar surface area (TPSA) is 91.7 Å². The minimum absolute atomic E-state index is 0.156. The first-order chi connectivity index (χ1) is 8.10. The predicted molar refractivity (Wildman–Crippen MR) is 58.8 cm³/mol. The number of carboxylic acids is 1. The maximum absolute atomic E-state index is 10.7. The quantitative estimate of drug-likeness (QED) is 0.711. The largest absolute Gasteiger partial charge is 0.479 e. The second kappa shape index (κ2) is 5.91. The van der Waals surface area contributed by atoms with Gasteiger partial charge in [0.1, 0.15) is 12.6 Å². The van der Waals surface area contributed by atoms with Crippen LogP contribution < -0.4 is 0 Å². The highest BCUT2D eigenvalue weighted by Crippen LogP contribution is 2.21. The first kappa shape index (κ1) is 13.1. The fraction of sp³-hybridized carbons (Fsp3) is 0.250. The van der Waals surface area contributed by atoms with E-state index >= 15 is 0 Å². The van der Waals surface area contributed by atoms with Gasteiger partial charge in [0.2, 0.25) is 0 Å². The highest BCUT2D eigenvalue weighted by atomic mass is 16.4. The van der Waals surface area contributed by atoms with Crippen molar-refractivity contribution in [1.82, 2.24) is 0 Å². The van der Waals surface area contributed by atoms with E-state index in [9.17, 15) is 19.5 Å². The molecule has 0 bridgehead atoms. The van der Waals surface area contributed by atoms with Crippen LogP contribution in [0, 0.1) is 0 Å². The number of aryl methyl sites for hydroxylation is 1. The molecule has 0 heterocycles. The van der Waals surface area contributed by atoms with Crippen LogP contribution in [-0.2, 0) is 16.0 Å². The summed E-state index contributed by atoms with van der Waals surface area (Å²) < 4.78 is 0. The number of rotatable bonds is 6. The van der Waals surface area contributed by atoms with Crippen molar-refractivity contribution < 1.29 is 24.6 Å². The van der Waals surface area contributed by atoms with Crippen molar-refractivity contribution >= 4 is 18.5 Å². The van der Waals surface area contributed by atoms with Crippen molar-refractivity contribution in [2.45, 2.75) is 18.9 Å². The maximum atomic E-state index is 10.7. The molecule has 1 atom stereocenters. The minimum Gasteiger partial charge on any atom is -0.479 e. The molecule has 0 saturated carbocycles. The van der Waals surface area contributed by atoms with Gasteiger partial charge in [-0.1, -0.05) is 12.1 Å². The Labute approximate surface area is 97.7 Å². The molecule has 5 heteroatoms. The van der Waals surface area contributed by atoms with Crippen molar-refractivity contribution in [3.63, 3.8) is 0 Å². The molecule has 5 nitrogen and oxygen atoms in total. The molecule has 0 amide bonds. The van der Waals surface area contributed by atoms with Gasteiger partial charge in [0.25, 0.3) is 0 Å². The van der Waals surface area contributed by atoms with E-state index in [1.54, 1.807) is 6.07 Å². The van der Waals surface area contributed by atoms with Gasteiger partial charge in [-0.2, -0.15) is 0 Å². The second-order valence-electron chi connectivity index (χ2n) is 3.52. The summed E-state index contributed by atoms with van der Waals surface area (Å²) in [6.07, 6.45) is 0.172. The molecule has 1 aromatic carbocycles. The Hall–Kier alpha value is -2.01. The lowest BCUT2D eigenvalue weighted by atomic mass is 9.96. The molecule has 0 aliphatic heterocycles. The number of hydrogen-bond acceptors (Lipinski definition) is 4. The zero-order chi connectivity index (χ0) is 12.8. The molecular formula is C12H12O5. The van der Waals surface area contributed by atoms with Gasteiger partial charge in [0.05, 0.1) is 0 Å². The molecule has 1 aromatic rings. The molecule has 0 aromatic heterocycles. The lowest BCUT2D eigenvalue weighted by Gasteiger charge is -2.12. The number of aliphatic hydroxyl groups excluding tert-OH is 1. The zero-order valence-corrected chi connectivity index (χ0v) is 9.00. The fourth-order valence-corrected chi connectivity index (χ4v) is 1.52. The Morgan fingerprint density at radius 2 is 2.06 bits per heavy atom. The molecule has 90 valence electrons. The minimum atomic E-state index is -1.68. The Morgan fingerprint density at radius 1 is 1.35 bits per heavy atom. The standard InChI is InChI=1S/C12H12O5/c13-5-1-2-9-4-3-8(7-14)6-10(9)11(15)12(16)17/h3-7,11,15H,1-2H2,(H,16,17). The highest BCUT2D eigenvalue weighted by molar-refractivity contribution is 5.79. The Bertz CT molecular complexity index is 439. The summed E-state index contributed by atoms with van der Waals surface area (Å²) in [5.41, 5.74) is 0.997. The number of carboxylic acid groups (broad SMARTS) is 1. The molecule has 0 aliphatic rings. The smallest absolute Gasteiger partial charge is 0.337 e. The van der Waals surface area contributed by atoms with E-state index in [-0.39, 0.29) is 17.5 Å². The summed E-state index contributed by atoms with van der Waals surface area (Å²) in [6.45, 7) is 0. The average molecular weight is 236 g/mol. The zero-order valence-electron chi connectivity index (χ0n) is 9.00. The molecule has 0 aliphatic carbocycles. The van der Waals surface area contributed by atoms with Crippen LogP contribution in [0.25, 0.3) is 0 Å². The van der Waals surface area contributed by atoms with Gasteiger partial charge < -0.3 is 15.0 Å². The van der Waals surface area contributed by atoms with Crippen molar-refractivity contribution in [2.24, 2.45) is 0 Å². The van der Waals surface area contributed by atoms with E-state index in [4.69, 9.17) is 5.11 Å². The number of aliphatic carboxylic acids is 1. The van der Waals surface area contributed by atoms with Crippen LogP contribution >= 0.6 is 0 Å². The van der Waals surface area contributed by atoms with Crippen LogP contribution in [-0.4, -0.2) is 28.8 Å². The van der Waals surface area contributed by atoms with Crippen LogP contribution in [0.1, 0.15) is 34.0 Å². The first-order valence-corrected chi connectivity index (χ1v) is 5.02. The number of carbonyl (C=O) groups excluding carboxylic acids is 2. The van der Waals surface area contributed by atoms with Crippen LogP contribution in [0.4, 0.5) is 0 Å². The molecule has 2 N–H and O–H groups in total. The van der Waals surface area contributed by atoms with Gasteiger partial charge in [0, 0.05) is 12.0 Å². The van der Waals surface area contributed by atoms with E-state index in [2.05, 4.69) is 0 Å². The molecular weight excluding hydrogens is 224 g/mol. The van der Waals surface area contributed by atoms with Crippen molar-refractivity contribution in [2.75, 3.05) is 0 Å².